The molecule has 0 radical (unpaired) electrons. The molecular formula is C10H19ClN2O2. The number of ether oxygens (including phenoxy) is 1. The summed E-state index contributed by atoms with van der Waals surface area (Å²) in [6.07, 6.45) is 1.33. The average molecular weight is 235 g/mol. The Kier molecular flexibility index (Phi) is 6.36. The largest absolute Gasteiger partial charge is 0.445 e. The van der Waals surface area contributed by atoms with Crippen molar-refractivity contribution in [3.05, 3.63) is 12.7 Å². The van der Waals surface area contributed by atoms with Gasteiger partial charge in [-0.1, -0.05) is 12.7 Å². The van der Waals surface area contributed by atoms with Gasteiger partial charge in [0.05, 0.1) is 0 Å². The lowest BCUT2D eigenvalue weighted by Gasteiger charge is -2.38. The number of halogens is 1. The predicted molar refractivity (Wildman–Crippen MR) is 62.4 cm³/mol. The lowest BCUT2D eigenvalue weighted by atomic mass is 10.1. The molecule has 88 valence electrons. The van der Waals surface area contributed by atoms with Gasteiger partial charge >= 0.3 is 6.09 Å². The molecule has 1 N–H and O–H groups in total. The number of carbonyl (C=O) groups excluding carboxylic acids is 1. The predicted octanol–water partition coefficient (Wildman–Crippen LogP) is 1.41. The zero-order valence-electron chi connectivity index (χ0n) is 9.23. The van der Waals surface area contributed by atoms with Gasteiger partial charge in [-0.15, -0.1) is 12.4 Å². The van der Waals surface area contributed by atoms with E-state index in [9.17, 15) is 4.79 Å². The van der Waals surface area contributed by atoms with Gasteiger partial charge in [0.15, 0.2) is 0 Å². The molecule has 0 aromatic heterocycles. The topological polar surface area (TPSA) is 41.6 Å². The van der Waals surface area contributed by atoms with E-state index in [0.717, 1.165) is 13.1 Å². The summed E-state index contributed by atoms with van der Waals surface area (Å²) < 4.78 is 5.01. The fourth-order valence-corrected chi connectivity index (χ4v) is 1.70. The fourth-order valence-electron chi connectivity index (χ4n) is 1.70. The second-order valence-corrected chi connectivity index (χ2v) is 3.63. The molecule has 0 aromatic rings. The van der Waals surface area contributed by atoms with Crippen molar-refractivity contribution in [1.82, 2.24) is 10.2 Å². The highest BCUT2D eigenvalue weighted by atomic mass is 35.5. The van der Waals surface area contributed by atoms with Gasteiger partial charge in [-0.2, -0.15) is 0 Å². The van der Waals surface area contributed by atoms with E-state index in [1.54, 1.807) is 11.0 Å². The number of hydrogen-bond donors (Lipinski definition) is 1. The van der Waals surface area contributed by atoms with Crippen molar-refractivity contribution < 1.29 is 9.53 Å². The molecule has 2 atom stereocenters. The molecule has 0 aliphatic carbocycles. The number of carbonyl (C=O) groups is 1. The third kappa shape index (κ3) is 3.72. The normalized spacial score (nSPS) is 25.3. The monoisotopic (exact) mass is 234 g/mol. The first kappa shape index (κ1) is 14.3. The molecule has 1 heterocycles. The molecule has 1 amide bonds. The molecule has 1 fully saturated rings. The molecule has 0 saturated carbocycles. The van der Waals surface area contributed by atoms with Crippen molar-refractivity contribution in [2.24, 2.45) is 0 Å². The van der Waals surface area contributed by atoms with Crippen molar-refractivity contribution in [1.29, 1.82) is 0 Å². The van der Waals surface area contributed by atoms with Gasteiger partial charge in [0.1, 0.15) is 6.61 Å². The standard InChI is InChI=1S/C10H18N2O2.ClH/c1-4-5-14-10(13)12-8(2)6-11-7-9(12)3;/h4,8-9,11H,1,5-7H2,2-3H3;1H/t8-,9+;. The summed E-state index contributed by atoms with van der Waals surface area (Å²) in [5.41, 5.74) is 0. The van der Waals surface area contributed by atoms with E-state index in [2.05, 4.69) is 11.9 Å². The Labute approximate surface area is 97.1 Å². The number of hydrogen-bond acceptors (Lipinski definition) is 3. The van der Waals surface area contributed by atoms with Crippen molar-refractivity contribution >= 4 is 18.5 Å². The van der Waals surface area contributed by atoms with Crippen LogP contribution in [0.5, 0.6) is 0 Å². The highest BCUT2D eigenvalue weighted by molar-refractivity contribution is 5.85. The third-order valence-corrected chi connectivity index (χ3v) is 2.36. The van der Waals surface area contributed by atoms with Crippen LogP contribution in [0.15, 0.2) is 12.7 Å². The van der Waals surface area contributed by atoms with Gasteiger partial charge in [-0.05, 0) is 13.8 Å². The Morgan fingerprint density at radius 1 is 1.53 bits per heavy atom. The number of rotatable bonds is 2. The molecule has 1 aliphatic rings. The summed E-state index contributed by atoms with van der Waals surface area (Å²) >= 11 is 0. The minimum atomic E-state index is -0.244. The SMILES string of the molecule is C=CCOC(=O)N1[C@H](C)CNC[C@@H]1C.Cl. The molecule has 1 saturated heterocycles. The minimum absolute atomic E-state index is 0. The van der Waals surface area contributed by atoms with Gasteiger partial charge < -0.3 is 15.0 Å². The van der Waals surface area contributed by atoms with Gasteiger partial charge in [-0.3, -0.25) is 0 Å². The Hall–Kier alpha value is -0.740. The molecule has 0 unspecified atom stereocenters. The van der Waals surface area contributed by atoms with Crippen molar-refractivity contribution in [2.75, 3.05) is 19.7 Å². The summed E-state index contributed by atoms with van der Waals surface area (Å²) in [6, 6.07) is 0.382. The number of nitrogens with one attached hydrogen (secondary N) is 1. The Morgan fingerprint density at radius 2 is 2.07 bits per heavy atom. The van der Waals surface area contributed by atoms with Crippen molar-refractivity contribution in [3.8, 4) is 0 Å². The van der Waals surface area contributed by atoms with Crippen LogP contribution in [-0.2, 0) is 4.74 Å². The van der Waals surface area contributed by atoms with E-state index in [1.807, 2.05) is 13.8 Å². The van der Waals surface area contributed by atoms with Crippen LogP contribution in [0.1, 0.15) is 13.8 Å². The second-order valence-electron chi connectivity index (χ2n) is 3.63. The van der Waals surface area contributed by atoms with E-state index in [-0.39, 0.29) is 37.2 Å². The maximum atomic E-state index is 11.6. The molecule has 0 aromatic carbocycles. The minimum Gasteiger partial charge on any atom is -0.445 e. The molecule has 0 spiro atoms. The molecule has 4 nitrogen and oxygen atoms in total. The molecule has 1 aliphatic heterocycles. The van der Waals surface area contributed by atoms with Crippen LogP contribution in [-0.4, -0.2) is 42.8 Å². The lowest BCUT2D eigenvalue weighted by Crippen LogP contribution is -2.57. The second kappa shape index (κ2) is 6.69. The van der Waals surface area contributed by atoms with Crippen LogP contribution in [0.3, 0.4) is 0 Å². The van der Waals surface area contributed by atoms with Crippen LogP contribution in [0.4, 0.5) is 4.79 Å². The van der Waals surface area contributed by atoms with Crippen LogP contribution >= 0.6 is 12.4 Å². The van der Waals surface area contributed by atoms with Gasteiger partial charge in [-0.25, -0.2) is 4.79 Å². The molecular weight excluding hydrogens is 216 g/mol. The third-order valence-electron chi connectivity index (χ3n) is 2.36. The summed E-state index contributed by atoms with van der Waals surface area (Å²) in [4.78, 5) is 13.4. The zero-order valence-corrected chi connectivity index (χ0v) is 10.0. The molecule has 1 rings (SSSR count). The van der Waals surface area contributed by atoms with Crippen LogP contribution in [0.2, 0.25) is 0 Å². The van der Waals surface area contributed by atoms with Crippen molar-refractivity contribution in [2.45, 2.75) is 25.9 Å². The Bertz CT molecular complexity index is 213. The smallest absolute Gasteiger partial charge is 0.410 e. The van der Waals surface area contributed by atoms with E-state index in [4.69, 9.17) is 4.74 Å². The Balaban J connectivity index is 0.00000196. The average Bonchev–Trinajstić information content (AvgIpc) is 2.14. The highest BCUT2D eigenvalue weighted by Crippen LogP contribution is 2.11. The number of piperazine rings is 1. The summed E-state index contributed by atoms with van der Waals surface area (Å²) in [5, 5.41) is 3.26. The summed E-state index contributed by atoms with van der Waals surface area (Å²) in [7, 11) is 0. The maximum Gasteiger partial charge on any atom is 0.410 e. The van der Waals surface area contributed by atoms with E-state index in [0.29, 0.717) is 0 Å². The quantitative estimate of drug-likeness (QED) is 0.735. The highest BCUT2D eigenvalue weighted by Gasteiger charge is 2.29. The number of amides is 1. The van der Waals surface area contributed by atoms with Crippen LogP contribution in [0, 0.1) is 0 Å². The number of nitrogens with zero attached hydrogens (tertiary/aromatic N) is 1. The summed E-state index contributed by atoms with van der Waals surface area (Å²) in [5.74, 6) is 0. The van der Waals surface area contributed by atoms with Gasteiger partial charge in [0.2, 0.25) is 0 Å². The fraction of sp³-hybridized carbons (Fsp3) is 0.700. The Morgan fingerprint density at radius 3 is 2.53 bits per heavy atom. The van der Waals surface area contributed by atoms with Crippen LogP contribution in [0.25, 0.3) is 0 Å². The first-order valence-electron chi connectivity index (χ1n) is 4.93. The van der Waals surface area contributed by atoms with Gasteiger partial charge in [0.25, 0.3) is 0 Å². The zero-order chi connectivity index (χ0) is 10.6. The lowest BCUT2D eigenvalue weighted by molar-refractivity contribution is 0.0679. The maximum absolute atomic E-state index is 11.6. The molecule has 5 heteroatoms. The first-order chi connectivity index (χ1) is 6.66. The van der Waals surface area contributed by atoms with Gasteiger partial charge in [0, 0.05) is 25.2 Å². The van der Waals surface area contributed by atoms with E-state index < -0.39 is 0 Å². The summed E-state index contributed by atoms with van der Waals surface area (Å²) in [6.45, 7) is 9.47. The first-order valence-corrected chi connectivity index (χ1v) is 4.93. The molecule has 15 heavy (non-hydrogen) atoms. The van der Waals surface area contributed by atoms with E-state index >= 15 is 0 Å². The van der Waals surface area contributed by atoms with E-state index in [1.165, 1.54) is 0 Å². The van der Waals surface area contributed by atoms with Crippen LogP contribution < -0.4 is 5.32 Å². The molecule has 0 bridgehead atoms. The van der Waals surface area contributed by atoms with Crippen molar-refractivity contribution in [3.63, 3.8) is 0 Å².